The number of rotatable bonds is 3. The molecule has 108 valence electrons. The number of aromatic amines is 1. The van der Waals surface area contributed by atoms with Crippen molar-refractivity contribution in [2.75, 3.05) is 5.32 Å². The van der Waals surface area contributed by atoms with Crippen molar-refractivity contribution in [1.29, 1.82) is 0 Å². The third-order valence-corrected chi connectivity index (χ3v) is 3.55. The summed E-state index contributed by atoms with van der Waals surface area (Å²) in [5, 5.41) is 6.71. The highest BCUT2D eigenvalue weighted by Gasteiger charge is 2.09. The van der Waals surface area contributed by atoms with Crippen molar-refractivity contribution < 1.29 is 0 Å². The number of fused-ring (bicyclic) bond motifs is 1. The van der Waals surface area contributed by atoms with Crippen LogP contribution in [0.2, 0.25) is 5.02 Å². The van der Waals surface area contributed by atoms with Gasteiger partial charge in [0.25, 0.3) is 11.3 Å². The van der Waals surface area contributed by atoms with E-state index in [2.05, 4.69) is 20.4 Å². The Morgan fingerprint density at radius 3 is 2.90 bits per heavy atom. The average Bonchev–Trinajstić information content (AvgIpc) is 2.86. The van der Waals surface area contributed by atoms with Crippen molar-refractivity contribution in [3.05, 3.63) is 56.5 Å². The van der Waals surface area contributed by atoms with E-state index in [9.17, 15) is 4.79 Å². The smallest absolute Gasteiger partial charge is 0.277 e. The first-order valence-electron chi connectivity index (χ1n) is 6.49. The van der Waals surface area contributed by atoms with Gasteiger partial charge in [-0.3, -0.25) is 9.89 Å². The highest BCUT2D eigenvalue weighted by atomic mass is 35.5. The van der Waals surface area contributed by atoms with Crippen LogP contribution in [0.25, 0.3) is 5.78 Å². The van der Waals surface area contributed by atoms with Gasteiger partial charge in [0.05, 0.1) is 0 Å². The van der Waals surface area contributed by atoms with Gasteiger partial charge in [0, 0.05) is 22.8 Å². The lowest BCUT2D eigenvalue weighted by Crippen LogP contribution is -2.19. The van der Waals surface area contributed by atoms with E-state index in [0.29, 0.717) is 34.6 Å². The minimum Gasteiger partial charge on any atom is -0.351 e. The van der Waals surface area contributed by atoms with Crippen molar-refractivity contribution in [1.82, 2.24) is 19.6 Å². The lowest BCUT2D eigenvalue weighted by molar-refractivity contribution is 0.870. The Morgan fingerprint density at radius 2 is 2.14 bits per heavy atom. The van der Waals surface area contributed by atoms with Crippen LogP contribution < -0.4 is 10.9 Å². The van der Waals surface area contributed by atoms with Crippen LogP contribution in [-0.4, -0.2) is 19.6 Å². The number of nitrogens with one attached hydrogen (secondary N) is 2. The number of aryl methyl sites for hydroxylation is 1. The van der Waals surface area contributed by atoms with Gasteiger partial charge in [0.1, 0.15) is 0 Å². The molecule has 1 aromatic carbocycles. The predicted octanol–water partition coefficient (Wildman–Crippen LogP) is 2.30. The lowest BCUT2D eigenvalue weighted by atomic mass is 10.2. The normalized spacial score (nSPS) is 11.0. The number of nitrogens with zero attached hydrogens (tertiary/aromatic N) is 3. The SMILES string of the molecule is Cc1nc2nc(NCc3cccc(Cl)c3)[nH]n2c(=O)c1C. The zero-order valence-corrected chi connectivity index (χ0v) is 12.4. The van der Waals surface area contributed by atoms with Crippen molar-refractivity contribution in [3.8, 4) is 0 Å². The summed E-state index contributed by atoms with van der Waals surface area (Å²) < 4.78 is 1.34. The maximum Gasteiger partial charge on any atom is 0.277 e. The molecule has 3 aromatic rings. The van der Waals surface area contributed by atoms with E-state index < -0.39 is 0 Å². The number of halogens is 1. The fraction of sp³-hybridized carbons (Fsp3) is 0.214. The van der Waals surface area contributed by atoms with E-state index >= 15 is 0 Å². The van der Waals surface area contributed by atoms with Crippen LogP contribution in [0.3, 0.4) is 0 Å². The van der Waals surface area contributed by atoms with Crippen molar-refractivity contribution in [2.45, 2.75) is 20.4 Å². The molecule has 7 heteroatoms. The first-order chi connectivity index (χ1) is 10.0. The summed E-state index contributed by atoms with van der Waals surface area (Å²) in [6.07, 6.45) is 0. The van der Waals surface area contributed by atoms with Gasteiger partial charge in [-0.1, -0.05) is 23.7 Å². The van der Waals surface area contributed by atoms with Gasteiger partial charge < -0.3 is 5.32 Å². The van der Waals surface area contributed by atoms with E-state index in [4.69, 9.17) is 11.6 Å². The Labute approximate surface area is 125 Å². The lowest BCUT2D eigenvalue weighted by Gasteiger charge is -2.02. The number of hydrogen-bond acceptors (Lipinski definition) is 4. The van der Waals surface area contributed by atoms with Crippen molar-refractivity contribution in [2.24, 2.45) is 0 Å². The molecular formula is C14H14ClN5O. The van der Waals surface area contributed by atoms with Crippen LogP contribution in [0.5, 0.6) is 0 Å². The van der Waals surface area contributed by atoms with E-state index in [0.717, 1.165) is 5.56 Å². The number of H-pyrrole nitrogens is 1. The molecule has 0 atom stereocenters. The molecule has 0 saturated heterocycles. The number of hydrogen-bond donors (Lipinski definition) is 2. The Morgan fingerprint density at radius 1 is 1.33 bits per heavy atom. The molecule has 2 N–H and O–H groups in total. The van der Waals surface area contributed by atoms with Crippen LogP contribution in [0.15, 0.2) is 29.1 Å². The van der Waals surface area contributed by atoms with Gasteiger partial charge in [-0.15, -0.1) is 0 Å². The first kappa shape index (κ1) is 13.6. The zero-order valence-electron chi connectivity index (χ0n) is 11.6. The molecule has 2 aromatic heterocycles. The second-order valence-electron chi connectivity index (χ2n) is 4.82. The van der Waals surface area contributed by atoms with Crippen LogP contribution in [-0.2, 0) is 6.54 Å². The van der Waals surface area contributed by atoms with Crippen LogP contribution in [0.1, 0.15) is 16.8 Å². The summed E-state index contributed by atoms with van der Waals surface area (Å²) in [6, 6.07) is 7.54. The Bertz CT molecular complexity index is 867. The maximum atomic E-state index is 12.1. The molecule has 0 saturated carbocycles. The highest BCUT2D eigenvalue weighted by molar-refractivity contribution is 6.30. The largest absolute Gasteiger partial charge is 0.351 e. The van der Waals surface area contributed by atoms with Crippen LogP contribution in [0.4, 0.5) is 5.95 Å². The van der Waals surface area contributed by atoms with Gasteiger partial charge in [-0.2, -0.15) is 9.50 Å². The second-order valence-corrected chi connectivity index (χ2v) is 5.25. The summed E-state index contributed by atoms with van der Waals surface area (Å²) in [6.45, 7) is 4.09. The number of benzene rings is 1. The zero-order chi connectivity index (χ0) is 15.0. The second kappa shape index (κ2) is 5.21. The molecule has 6 nitrogen and oxygen atoms in total. The minimum atomic E-state index is -0.138. The molecule has 0 unspecified atom stereocenters. The first-order valence-corrected chi connectivity index (χ1v) is 6.86. The van der Waals surface area contributed by atoms with E-state index in [1.807, 2.05) is 24.3 Å². The molecule has 2 heterocycles. The molecule has 0 fully saturated rings. The van der Waals surface area contributed by atoms with Crippen LogP contribution >= 0.6 is 11.6 Å². The molecule has 0 amide bonds. The molecule has 0 aliphatic heterocycles. The fourth-order valence-corrected chi connectivity index (χ4v) is 2.23. The number of aromatic nitrogens is 4. The molecule has 0 aliphatic rings. The van der Waals surface area contributed by atoms with Crippen molar-refractivity contribution in [3.63, 3.8) is 0 Å². The third kappa shape index (κ3) is 2.62. The van der Waals surface area contributed by atoms with Gasteiger partial charge in [0.2, 0.25) is 5.95 Å². The van der Waals surface area contributed by atoms with Crippen molar-refractivity contribution >= 4 is 23.3 Å². The van der Waals surface area contributed by atoms with Crippen LogP contribution in [0, 0.1) is 13.8 Å². The summed E-state index contributed by atoms with van der Waals surface area (Å²) in [5.41, 5.74) is 2.18. The molecule has 0 radical (unpaired) electrons. The standard InChI is InChI=1S/C14H14ClN5O/c1-8-9(2)17-14-18-13(19-20(14)12(8)21)16-7-10-4-3-5-11(15)6-10/h3-6H,7H2,1-2H3,(H2,16,17,18,19). The fourth-order valence-electron chi connectivity index (χ4n) is 2.02. The third-order valence-electron chi connectivity index (χ3n) is 3.31. The topological polar surface area (TPSA) is 75.1 Å². The minimum absolute atomic E-state index is 0.138. The number of anilines is 1. The van der Waals surface area contributed by atoms with Gasteiger partial charge in [0.15, 0.2) is 0 Å². The van der Waals surface area contributed by atoms with Gasteiger partial charge in [-0.05, 0) is 31.5 Å². The average molecular weight is 304 g/mol. The maximum absolute atomic E-state index is 12.1. The summed E-state index contributed by atoms with van der Waals surface area (Å²) in [4.78, 5) is 20.6. The van der Waals surface area contributed by atoms with E-state index in [-0.39, 0.29) is 5.56 Å². The monoisotopic (exact) mass is 303 g/mol. The molecular weight excluding hydrogens is 290 g/mol. The highest BCUT2D eigenvalue weighted by Crippen LogP contribution is 2.12. The predicted molar refractivity (Wildman–Crippen MR) is 81.9 cm³/mol. The summed E-state index contributed by atoms with van der Waals surface area (Å²) in [5.74, 6) is 0.848. The molecule has 0 aliphatic carbocycles. The van der Waals surface area contributed by atoms with E-state index in [1.54, 1.807) is 13.8 Å². The Kier molecular flexibility index (Phi) is 3.39. The Balaban J connectivity index is 1.88. The quantitative estimate of drug-likeness (QED) is 0.778. The molecule has 21 heavy (non-hydrogen) atoms. The Hall–Kier alpha value is -2.34. The summed E-state index contributed by atoms with van der Waals surface area (Å²) in [7, 11) is 0. The van der Waals surface area contributed by atoms with Gasteiger partial charge >= 0.3 is 0 Å². The molecule has 0 spiro atoms. The van der Waals surface area contributed by atoms with Gasteiger partial charge in [-0.25, -0.2) is 4.98 Å². The molecule has 3 rings (SSSR count). The molecule has 0 bridgehead atoms. The summed E-state index contributed by atoms with van der Waals surface area (Å²) >= 11 is 5.94. The van der Waals surface area contributed by atoms with E-state index in [1.165, 1.54) is 4.52 Å².